The molecule has 0 spiro atoms. The molecule has 0 fully saturated rings. The van der Waals surface area contributed by atoms with Crippen molar-refractivity contribution in [3.8, 4) is 5.75 Å². The summed E-state index contributed by atoms with van der Waals surface area (Å²) in [6, 6.07) is 16.0. The van der Waals surface area contributed by atoms with Crippen LogP contribution in [0.15, 0.2) is 54.6 Å². The Morgan fingerprint density at radius 3 is 2.57 bits per heavy atom. The van der Waals surface area contributed by atoms with Gasteiger partial charge in [-0.15, -0.1) is 0 Å². The Labute approximate surface area is 172 Å². The average Bonchev–Trinajstić information content (AvgIpc) is 2.73. The molecule has 8 heteroatoms. The summed E-state index contributed by atoms with van der Waals surface area (Å²) in [5, 5.41) is 15.6. The number of fused-ring (bicyclic) bond motifs is 1. The van der Waals surface area contributed by atoms with Crippen LogP contribution in [0.3, 0.4) is 0 Å². The molecule has 0 atom stereocenters. The Kier molecular flexibility index (Phi) is 6.26. The molecule has 0 aliphatic heterocycles. The van der Waals surface area contributed by atoms with Crippen molar-refractivity contribution >= 4 is 34.0 Å². The van der Waals surface area contributed by atoms with E-state index in [0.717, 1.165) is 16.3 Å². The number of hydrogen-bond donors (Lipinski definition) is 1. The lowest BCUT2D eigenvalue weighted by Gasteiger charge is -2.11. The third-order valence-electron chi connectivity index (χ3n) is 4.58. The standard InChI is InChI=1S/C22H20N2O6/c1-14-10-19(24(27)28)20(29-2)12-18(14)23-21(25)13-30-22(26)11-16-8-5-7-15-6-3-4-9-17(15)16/h3-10,12H,11,13H2,1-2H3,(H,23,25). The summed E-state index contributed by atoms with van der Waals surface area (Å²) in [5.74, 6) is -1.06. The smallest absolute Gasteiger partial charge is 0.311 e. The number of methoxy groups -OCH3 is 1. The number of esters is 1. The number of amides is 1. The molecule has 0 radical (unpaired) electrons. The molecular weight excluding hydrogens is 388 g/mol. The fourth-order valence-corrected chi connectivity index (χ4v) is 3.10. The van der Waals surface area contributed by atoms with Gasteiger partial charge in [-0.25, -0.2) is 0 Å². The Morgan fingerprint density at radius 2 is 1.83 bits per heavy atom. The lowest BCUT2D eigenvalue weighted by molar-refractivity contribution is -0.385. The van der Waals surface area contributed by atoms with Crippen molar-refractivity contribution in [2.45, 2.75) is 13.3 Å². The van der Waals surface area contributed by atoms with Gasteiger partial charge in [-0.1, -0.05) is 42.5 Å². The lowest BCUT2D eigenvalue weighted by Crippen LogP contribution is -2.22. The van der Waals surface area contributed by atoms with Crippen molar-refractivity contribution in [1.29, 1.82) is 0 Å². The second kappa shape index (κ2) is 9.04. The summed E-state index contributed by atoms with van der Waals surface area (Å²) in [6.07, 6.45) is 0.0407. The maximum Gasteiger partial charge on any atom is 0.311 e. The molecule has 0 heterocycles. The molecule has 0 saturated heterocycles. The van der Waals surface area contributed by atoms with Crippen molar-refractivity contribution in [2.75, 3.05) is 19.0 Å². The molecule has 0 aromatic heterocycles. The topological polar surface area (TPSA) is 108 Å². The van der Waals surface area contributed by atoms with E-state index < -0.39 is 23.4 Å². The molecule has 0 aliphatic rings. The van der Waals surface area contributed by atoms with Crippen molar-refractivity contribution in [3.63, 3.8) is 0 Å². The highest BCUT2D eigenvalue weighted by Crippen LogP contribution is 2.32. The van der Waals surface area contributed by atoms with E-state index in [2.05, 4.69) is 5.32 Å². The number of ether oxygens (including phenoxy) is 2. The largest absolute Gasteiger partial charge is 0.490 e. The van der Waals surface area contributed by atoms with Gasteiger partial charge in [0.2, 0.25) is 0 Å². The quantitative estimate of drug-likeness (QED) is 0.362. The molecule has 0 aliphatic carbocycles. The predicted molar refractivity (Wildman–Crippen MR) is 112 cm³/mol. The first kappa shape index (κ1) is 20.8. The Hall–Kier alpha value is -3.94. The van der Waals surface area contributed by atoms with E-state index in [9.17, 15) is 19.7 Å². The number of rotatable bonds is 7. The fraction of sp³-hybridized carbons (Fsp3) is 0.182. The molecule has 3 rings (SSSR count). The number of nitrogens with one attached hydrogen (secondary N) is 1. The van der Waals surface area contributed by atoms with Crippen LogP contribution in [-0.4, -0.2) is 30.5 Å². The normalized spacial score (nSPS) is 10.5. The van der Waals surface area contributed by atoms with Crippen molar-refractivity contribution in [2.24, 2.45) is 0 Å². The van der Waals surface area contributed by atoms with E-state index in [1.165, 1.54) is 19.2 Å². The van der Waals surface area contributed by atoms with Crippen molar-refractivity contribution in [1.82, 2.24) is 0 Å². The van der Waals surface area contributed by atoms with Gasteiger partial charge in [-0.3, -0.25) is 19.7 Å². The zero-order valence-corrected chi connectivity index (χ0v) is 16.5. The number of benzene rings is 3. The van der Waals surface area contributed by atoms with Gasteiger partial charge in [0.1, 0.15) is 0 Å². The Balaban J connectivity index is 1.62. The second-order valence-electron chi connectivity index (χ2n) is 6.62. The summed E-state index contributed by atoms with van der Waals surface area (Å²) < 4.78 is 10.1. The van der Waals surface area contributed by atoms with Gasteiger partial charge in [-0.05, 0) is 28.8 Å². The monoisotopic (exact) mass is 408 g/mol. The molecule has 8 nitrogen and oxygen atoms in total. The number of nitrogens with zero attached hydrogens (tertiary/aromatic N) is 1. The van der Waals surface area contributed by atoms with Crippen LogP contribution in [-0.2, 0) is 20.7 Å². The second-order valence-corrected chi connectivity index (χ2v) is 6.62. The van der Waals surface area contributed by atoms with Crippen LogP contribution >= 0.6 is 0 Å². The molecule has 1 N–H and O–H groups in total. The van der Waals surface area contributed by atoms with Gasteiger partial charge < -0.3 is 14.8 Å². The number of nitro benzene ring substituents is 1. The highest BCUT2D eigenvalue weighted by Gasteiger charge is 2.19. The minimum atomic E-state index is -0.563. The number of nitro groups is 1. The highest BCUT2D eigenvalue weighted by atomic mass is 16.6. The zero-order chi connectivity index (χ0) is 21.7. The SMILES string of the molecule is COc1cc(NC(=O)COC(=O)Cc2cccc3ccccc23)c(C)cc1[N+](=O)[O-]. The zero-order valence-electron chi connectivity index (χ0n) is 16.5. The van der Waals surface area contributed by atoms with Gasteiger partial charge in [0.05, 0.1) is 18.5 Å². The Morgan fingerprint density at radius 1 is 1.10 bits per heavy atom. The molecule has 154 valence electrons. The van der Waals surface area contributed by atoms with Gasteiger partial charge in [-0.2, -0.15) is 0 Å². The maximum atomic E-state index is 12.2. The van der Waals surface area contributed by atoms with Crippen LogP contribution in [0.4, 0.5) is 11.4 Å². The minimum absolute atomic E-state index is 0.0221. The first-order valence-electron chi connectivity index (χ1n) is 9.14. The number of anilines is 1. The van der Waals surface area contributed by atoms with Gasteiger partial charge in [0, 0.05) is 17.8 Å². The molecule has 0 saturated carbocycles. The molecule has 30 heavy (non-hydrogen) atoms. The van der Waals surface area contributed by atoms with Gasteiger partial charge in [0.15, 0.2) is 12.4 Å². The average molecular weight is 408 g/mol. The first-order chi connectivity index (χ1) is 14.4. The van der Waals surface area contributed by atoms with E-state index in [1.807, 2.05) is 42.5 Å². The number of hydrogen-bond acceptors (Lipinski definition) is 6. The molecule has 3 aromatic carbocycles. The summed E-state index contributed by atoms with van der Waals surface area (Å²) in [6.45, 7) is 1.15. The van der Waals surface area contributed by atoms with E-state index in [0.29, 0.717) is 11.3 Å². The van der Waals surface area contributed by atoms with Gasteiger partial charge >= 0.3 is 11.7 Å². The van der Waals surface area contributed by atoms with Crippen LogP contribution in [0.5, 0.6) is 5.75 Å². The summed E-state index contributed by atoms with van der Waals surface area (Å²) in [7, 11) is 1.30. The Bertz CT molecular complexity index is 1120. The lowest BCUT2D eigenvalue weighted by atomic mass is 10.0. The molecule has 1 amide bonds. The fourth-order valence-electron chi connectivity index (χ4n) is 3.10. The van der Waals surface area contributed by atoms with E-state index in [1.54, 1.807) is 6.92 Å². The van der Waals surface area contributed by atoms with Crippen LogP contribution in [0, 0.1) is 17.0 Å². The summed E-state index contributed by atoms with van der Waals surface area (Å²) in [4.78, 5) is 34.9. The number of aryl methyl sites for hydroxylation is 1. The van der Waals surface area contributed by atoms with Crippen LogP contribution in [0.25, 0.3) is 10.8 Å². The number of carbonyl (C=O) groups excluding carboxylic acids is 2. The predicted octanol–water partition coefficient (Wildman–Crippen LogP) is 3.79. The molecule has 0 bridgehead atoms. The molecule has 0 unspecified atom stereocenters. The van der Waals surface area contributed by atoms with E-state index in [4.69, 9.17) is 9.47 Å². The first-order valence-corrected chi connectivity index (χ1v) is 9.14. The van der Waals surface area contributed by atoms with E-state index in [-0.39, 0.29) is 17.9 Å². The van der Waals surface area contributed by atoms with Gasteiger partial charge in [0.25, 0.3) is 5.91 Å². The van der Waals surface area contributed by atoms with E-state index >= 15 is 0 Å². The molecular formula is C22H20N2O6. The number of carbonyl (C=O) groups is 2. The molecule has 3 aromatic rings. The third kappa shape index (κ3) is 4.72. The van der Waals surface area contributed by atoms with Crippen LogP contribution in [0.1, 0.15) is 11.1 Å². The third-order valence-corrected chi connectivity index (χ3v) is 4.58. The van der Waals surface area contributed by atoms with Crippen molar-refractivity contribution < 1.29 is 24.0 Å². The van der Waals surface area contributed by atoms with Crippen LogP contribution in [0.2, 0.25) is 0 Å². The van der Waals surface area contributed by atoms with Crippen molar-refractivity contribution in [3.05, 3.63) is 75.8 Å². The maximum absolute atomic E-state index is 12.2. The minimum Gasteiger partial charge on any atom is -0.490 e. The van der Waals surface area contributed by atoms with Crippen LogP contribution < -0.4 is 10.1 Å². The summed E-state index contributed by atoms with van der Waals surface area (Å²) >= 11 is 0. The summed E-state index contributed by atoms with van der Waals surface area (Å²) in [5.41, 5.74) is 1.44. The highest BCUT2D eigenvalue weighted by molar-refractivity contribution is 5.94.